The van der Waals surface area contributed by atoms with E-state index < -0.39 is 0 Å². The van der Waals surface area contributed by atoms with Crippen molar-refractivity contribution in [2.45, 2.75) is 25.8 Å². The van der Waals surface area contributed by atoms with E-state index in [0.717, 1.165) is 23.4 Å². The number of likely N-dealkylation sites (tertiary alicyclic amines) is 1. The summed E-state index contributed by atoms with van der Waals surface area (Å²) in [6, 6.07) is 6.15. The molecule has 1 fully saturated rings. The molecule has 2 heterocycles. The summed E-state index contributed by atoms with van der Waals surface area (Å²) in [5, 5.41) is 4.26. The number of rotatable bonds is 3. The topological polar surface area (TPSA) is 41.6 Å². The quantitative estimate of drug-likeness (QED) is 0.430. The van der Waals surface area contributed by atoms with Gasteiger partial charge in [-0.1, -0.05) is 60.2 Å². The van der Waals surface area contributed by atoms with Crippen molar-refractivity contribution in [3.05, 3.63) is 107 Å². The summed E-state index contributed by atoms with van der Waals surface area (Å²) in [7, 11) is 0. The van der Waals surface area contributed by atoms with Crippen LogP contribution in [0.3, 0.4) is 0 Å². The lowest BCUT2D eigenvalue weighted by molar-refractivity contribution is 0.128. The Hall–Kier alpha value is -3.24. The number of hydrogen-bond donors (Lipinski definition) is 1. The van der Waals surface area contributed by atoms with Gasteiger partial charge in [-0.25, -0.2) is 4.79 Å². The average molecular weight is 447 g/mol. The van der Waals surface area contributed by atoms with Crippen LogP contribution in [0.1, 0.15) is 30.9 Å². The SMILES string of the molecule is C=C/C(=C\C=C/C)OC(=O)N1CCC(=C2c3ccc(Cl)cc3C=CC3=CC=CNC32)CC1. The molecule has 32 heavy (non-hydrogen) atoms. The molecule has 0 radical (unpaired) electrons. The molecule has 0 bridgehead atoms. The number of carbonyl (C=O) groups is 1. The minimum absolute atomic E-state index is 0.0864. The van der Waals surface area contributed by atoms with Crippen LogP contribution in [0.2, 0.25) is 5.02 Å². The summed E-state index contributed by atoms with van der Waals surface area (Å²) in [5.41, 5.74) is 6.16. The van der Waals surface area contributed by atoms with Crippen molar-refractivity contribution in [1.29, 1.82) is 0 Å². The molecule has 4 nitrogen and oxygen atoms in total. The predicted molar refractivity (Wildman–Crippen MR) is 132 cm³/mol. The highest BCUT2D eigenvalue weighted by Gasteiger charge is 2.29. The number of piperidine rings is 1. The third-order valence-corrected chi connectivity index (χ3v) is 6.13. The number of nitrogens with zero attached hydrogens (tertiary/aromatic N) is 1. The summed E-state index contributed by atoms with van der Waals surface area (Å²) in [4.78, 5) is 14.4. The van der Waals surface area contributed by atoms with E-state index in [1.807, 2.05) is 43.5 Å². The highest BCUT2D eigenvalue weighted by molar-refractivity contribution is 6.30. The van der Waals surface area contributed by atoms with Crippen molar-refractivity contribution in [2.75, 3.05) is 13.1 Å². The zero-order chi connectivity index (χ0) is 22.5. The Morgan fingerprint density at radius 2 is 2.09 bits per heavy atom. The van der Waals surface area contributed by atoms with E-state index in [1.54, 1.807) is 17.1 Å². The van der Waals surface area contributed by atoms with E-state index in [4.69, 9.17) is 16.3 Å². The van der Waals surface area contributed by atoms with E-state index >= 15 is 0 Å². The molecule has 2 aliphatic heterocycles. The number of allylic oxidation sites excluding steroid dienone is 6. The highest BCUT2D eigenvalue weighted by Crippen LogP contribution is 2.38. The standard InChI is InChI=1S/C27H27ClN2O2/c1-3-5-8-23(4-2)32-27(31)30-16-13-19(14-17-30)25-24-12-11-22(28)18-21(24)10-9-20-7-6-15-29-26(20)25/h3-12,15,18,26,29H,2,13-14,16-17H2,1H3/b5-3-,23-8+. The van der Waals surface area contributed by atoms with Crippen molar-refractivity contribution in [2.24, 2.45) is 0 Å². The van der Waals surface area contributed by atoms with Crippen LogP contribution >= 0.6 is 11.6 Å². The lowest BCUT2D eigenvalue weighted by Crippen LogP contribution is -2.38. The van der Waals surface area contributed by atoms with Crippen LogP contribution in [0.5, 0.6) is 0 Å². The second kappa shape index (κ2) is 9.92. The van der Waals surface area contributed by atoms with Crippen LogP contribution in [0.4, 0.5) is 4.79 Å². The maximum atomic E-state index is 12.7. The molecule has 3 aliphatic rings. The Morgan fingerprint density at radius 3 is 2.84 bits per heavy atom. The van der Waals surface area contributed by atoms with Gasteiger partial charge in [0.1, 0.15) is 5.76 Å². The predicted octanol–water partition coefficient (Wildman–Crippen LogP) is 6.41. The van der Waals surface area contributed by atoms with Crippen molar-refractivity contribution in [3.8, 4) is 0 Å². The van der Waals surface area contributed by atoms with E-state index in [9.17, 15) is 4.79 Å². The normalized spacial score (nSPS) is 20.3. The molecule has 4 rings (SSSR count). The molecule has 164 valence electrons. The summed E-state index contributed by atoms with van der Waals surface area (Å²) in [6.45, 7) is 6.86. The highest BCUT2D eigenvalue weighted by atomic mass is 35.5. The molecule has 1 aromatic rings. The Labute approximate surface area is 194 Å². The van der Waals surface area contributed by atoms with Gasteiger partial charge in [-0.05, 0) is 78.6 Å². The average Bonchev–Trinajstić information content (AvgIpc) is 2.98. The van der Waals surface area contributed by atoms with Gasteiger partial charge < -0.3 is 15.0 Å². The molecule has 1 saturated heterocycles. The molecular formula is C27H27ClN2O2. The number of amides is 1. The van der Waals surface area contributed by atoms with Crippen LogP contribution in [-0.4, -0.2) is 30.1 Å². The van der Waals surface area contributed by atoms with E-state index in [-0.39, 0.29) is 12.1 Å². The monoisotopic (exact) mass is 446 g/mol. The van der Waals surface area contributed by atoms with E-state index in [0.29, 0.717) is 18.8 Å². The molecule has 5 heteroatoms. The van der Waals surface area contributed by atoms with Gasteiger partial charge in [0.15, 0.2) is 0 Å². The fourth-order valence-corrected chi connectivity index (χ4v) is 4.47. The van der Waals surface area contributed by atoms with E-state index in [2.05, 4.69) is 36.2 Å². The van der Waals surface area contributed by atoms with Gasteiger partial charge in [-0.15, -0.1) is 0 Å². The maximum absolute atomic E-state index is 12.7. The number of halogens is 1. The van der Waals surface area contributed by atoms with Gasteiger partial charge in [0.25, 0.3) is 0 Å². The van der Waals surface area contributed by atoms with Crippen molar-refractivity contribution in [3.63, 3.8) is 0 Å². The second-order valence-electron chi connectivity index (χ2n) is 7.86. The summed E-state index contributed by atoms with van der Waals surface area (Å²) >= 11 is 6.29. The number of ether oxygens (including phenoxy) is 1. The molecule has 0 spiro atoms. The van der Waals surface area contributed by atoms with Crippen LogP contribution in [0, 0.1) is 0 Å². The fraction of sp³-hybridized carbons (Fsp3) is 0.222. The maximum Gasteiger partial charge on any atom is 0.415 e. The number of benzene rings is 1. The first-order valence-electron chi connectivity index (χ1n) is 10.9. The van der Waals surface area contributed by atoms with Crippen LogP contribution in [0.25, 0.3) is 11.6 Å². The molecule has 1 aromatic carbocycles. The third-order valence-electron chi connectivity index (χ3n) is 5.89. The first kappa shape index (κ1) is 22.0. The van der Waals surface area contributed by atoms with Gasteiger partial charge in [0.2, 0.25) is 0 Å². The molecule has 1 atom stereocenters. The largest absolute Gasteiger partial charge is 0.415 e. The van der Waals surface area contributed by atoms with E-state index in [1.165, 1.54) is 22.3 Å². The van der Waals surface area contributed by atoms with Crippen molar-refractivity contribution in [1.82, 2.24) is 10.2 Å². The molecule has 1 aliphatic carbocycles. The second-order valence-corrected chi connectivity index (χ2v) is 8.30. The lowest BCUT2D eigenvalue weighted by atomic mass is 9.84. The molecule has 1 N–H and O–H groups in total. The van der Waals surface area contributed by atoms with Crippen molar-refractivity contribution >= 4 is 29.3 Å². The van der Waals surface area contributed by atoms with Gasteiger partial charge in [0.05, 0.1) is 6.04 Å². The summed E-state index contributed by atoms with van der Waals surface area (Å²) in [6.07, 6.45) is 18.7. The number of fused-ring (bicyclic) bond motifs is 2. The van der Waals surface area contributed by atoms with Gasteiger partial charge in [-0.2, -0.15) is 0 Å². The Bertz CT molecular complexity index is 1090. The van der Waals surface area contributed by atoms with Crippen LogP contribution < -0.4 is 5.32 Å². The number of hydrogen-bond acceptors (Lipinski definition) is 3. The third kappa shape index (κ3) is 4.66. The van der Waals surface area contributed by atoms with Crippen molar-refractivity contribution < 1.29 is 9.53 Å². The van der Waals surface area contributed by atoms with Crippen LogP contribution in [-0.2, 0) is 4.74 Å². The zero-order valence-corrected chi connectivity index (χ0v) is 18.9. The van der Waals surface area contributed by atoms with Crippen LogP contribution in [0.15, 0.2) is 90.4 Å². The zero-order valence-electron chi connectivity index (χ0n) is 18.2. The number of dihydropyridines is 1. The number of nitrogens with one attached hydrogen (secondary N) is 1. The minimum atomic E-state index is -0.335. The molecule has 0 saturated carbocycles. The molecule has 1 unspecified atom stereocenters. The smallest absolute Gasteiger partial charge is 0.410 e. The Balaban J connectivity index is 1.59. The van der Waals surface area contributed by atoms with Gasteiger partial charge in [0, 0.05) is 18.1 Å². The Morgan fingerprint density at radius 1 is 1.28 bits per heavy atom. The molecular weight excluding hydrogens is 420 g/mol. The van der Waals surface area contributed by atoms with Gasteiger partial charge >= 0.3 is 6.09 Å². The lowest BCUT2D eigenvalue weighted by Gasteiger charge is -2.32. The summed E-state index contributed by atoms with van der Waals surface area (Å²) < 4.78 is 5.50. The summed E-state index contributed by atoms with van der Waals surface area (Å²) in [5.74, 6) is 0.450. The fourth-order valence-electron chi connectivity index (χ4n) is 4.29. The van der Waals surface area contributed by atoms with Gasteiger partial charge in [-0.3, -0.25) is 0 Å². The first-order valence-corrected chi connectivity index (χ1v) is 11.2. The molecule has 0 aromatic heterocycles. The number of carbonyl (C=O) groups excluding carboxylic acids is 1. The Kier molecular flexibility index (Phi) is 6.81. The minimum Gasteiger partial charge on any atom is -0.410 e. The molecule has 1 amide bonds. The first-order chi connectivity index (χ1) is 15.6.